The van der Waals surface area contributed by atoms with Crippen molar-refractivity contribution < 1.29 is 27.7 Å². The molecule has 5 rings (SSSR count). The molecule has 4 heterocycles. The highest BCUT2D eigenvalue weighted by Gasteiger charge is 2.44. The third-order valence-corrected chi connectivity index (χ3v) is 6.71. The minimum atomic E-state index is -3.67. The highest BCUT2D eigenvalue weighted by atomic mass is 33.1. The molecule has 0 atom stereocenters. The van der Waals surface area contributed by atoms with Crippen molar-refractivity contribution in [1.82, 2.24) is 4.98 Å². The number of nitrogens with one attached hydrogen (secondary N) is 1. The number of H-pyrrole nitrogens is 1. The number of fused-ring (bicyclic) bond motifs is 1. The van der Waals surface area contributed by atoms with Gasteiger partial charge in [-0.1, -0.05) is 12.1 Å². The van der Waals surface area contributed by atoms with E-state index in [0.717, 1.165) is 9.46 Å². The molecule has 0 unspecified atom stereocenters. The standard InChI is InChI=1S/C12H6F2N2O2.C10H8N2O2S2/c13-12(14)17-10-3-1-2-8(11(10)18-12)9-6-16-5-7(9)4-15;13-11-7-3-1-5-9(11)15-16-10-6-2-4-8-12(10)14/h1-3,5-6,16H;1-8H. The maximum Gasteiger partial charge on any atom is 0.586 e. The summed E-state index contributed by atoms with van der Waals surface area (Å²) >= 11 is 0. The van der Waals surface area contributed by atoms with E-state index in [-0.39, 0.29) is 11.5 Å². The van der Waals surface area contributed by atoms with Crippen molar-refractivity contribution in [1.29, 1.82) is 5.26 Å². The van der Waals surface area contributed by atoms with E-state index in [4.69, 9.17) is 5.26 Å². The molecule has 12 heteroatoms. The first-order chi connectivity index (χ1) is 16.4. The van der Waals surface area contributed by atoms with Crippen molar-refractivity contribution in [3.05, 3.63) is 95.4 Å². The molecular weight excluding hydrogens is 486 g/mol. The van der Waals surface area contributed by atoms with E-state index in [1.54, 1.807) is 54.7 Å². The van der Waals surface area contributed by atoms with Gasteiger partial charge in [0.15, 0.2) is 23.9 Å². The third-order valence-electron chi connectivity index (χ3n) is 4.37. The molecule has 3 aromatic heterocycles. The molecule has 1 N–H and O–H groups in total. The predicted molar refractivity (Wildman–Crippen MR) is 120 cm³/mol. The molecule has 1 aliphatic heterocycles. The number of pyridine rings is 2. The second-order valence-corrected chi connectivity index (χ2v) is 8.76. The Morgan fingerprint density at radius 3 is 2.09 bits per heavy atom. The molecule has 0 bridgehead atoms. The monoisotopic (exact) mass is 500 g/mol. The highest BCUT2D eigenvalue weighted by Crippen LogP contribution is 2.47. The lowest BCUT2D eigenvalue weighted by Crippen LogP contribution is -2.28. The van der Waals surface area contributed by atoms with Gasteiger partial charge >= 0.3 is 6.29 Å². The Hall–Kier alpha value is -3.95. The molecule has 0 radical (unpaired) electrons. The van der Waals surface area contributed by atoms with Crippen LogP contribution in [0.3, 0.4) is 0 Å². The summed E-state index contributed by atoms with van der Waals surface area (Å²) in [5.41, 5.74) is 1.24. The van der Waals surface area contributed by atoms with Gasteiger partial charge in [-0.05, 0) is 18.2 Å². The van der Waals surface area contributed by atoms with Crippen LogP contribution < -0.4 is 18.9 Å². The lowest BCUT2D eigenvalue weighted by Gasteiger charge is -2.06. The van der Waals surface area contributed by atoms with Crippen LogP contribution in [0.25, 0.3) is 11.1 Å². The fourth-order valence-electron chi connectivity index (χ4n) is 2.90. The predicted octanol–water partition coefficient (Wildman–Crippen LogP) is 4.63. The molecule has 0 spiro atoms. The van der Waals surface area contributed by atoms with Crippen molar-refractivity contribution in [3.8, 4) is 28.7 Å². The maximum atomic E-state index is 13.0. The van der Waals surface area contributed by atoms with Crippen LogP contribution in [0.1, 0.15) is 5.56 Å². The Labute approximate surface area is 199 Å². The minimum absolute atomic E-state index is 0.0393. The molecule has 0 saturated carbocycles. The Bertz CT molecular complexity index is 1320. The number of nitrogens with zero attached hydrogens (tertiary/aromatic N) is 3. The number of nitriles is 1. The molecule has 1 aliphatic rings. The van der Waals surface area contributed by atoms with E-state index in [0.29, 0.717) is 26.7 Å². The smallest absolute Gasteiger partial charge is 0.586 e. The molecule has 34 heavy (non-hydrogen) atoms. The number of aromatic amines is 1. The van der Waals surface area contributed by atoms with Crippen molar-refractivity contribution in [2.75, 3.05) is 0 Å². The van der Waals surface area contributed by atoms with Gasteiger partial charge in [0, 0.05) is 69.4 Å². The molecule has 1 aromatic carbocycles. The second kappa shape index (κ2) is 9.90. The number of hydrogen-bond acceptors (Lipinski definition) is 7. The molecular formula is C22H14F2N4O4S2. The van der Waals surface area contributed by atoms with Crippen molar-refractivity contribution in [3.63, 3.8) is 0 Å². The zero-order chi connectivity index (χ0) is 24.1. The number of aromatic nitrogens is 3. The molecule has 0 aliphatic carbocycles. The average Bonchev–Trinajstić information content (AvgIpc) is 3.42. The summed E-state index contributed by atoms with van der Waals surface area (Å²) in [6, 6.07) is 16.8. The van der Waals surface area contributed by atoms with Crippen LogP contribution in [-0.4, -0.2) is 11.3 Å². The number of alkyl halides is 2. The first-order valence-electron chi connectivity index (χ1n) is 9.55. The Morgan fingerprint density at radius 2 is 1.50 bits per heavy atom. The molecule has 4 aromatic rings. The van der Waals surface area contributed by atoms with Crippen LogP contribution >= 0.6 is 21.6 Å². The van der Waals surface area contributed by atoms with E-state index in [9.17, 15) is 19.2 Å². The largest absolute Gasteiger partial charge is 0.618 e. The summed E-state index contributed by atoms with van der Waals surface area (Å²) in [6.07, 6.45) is 2.23. The van der Waals surface area contributed by atoms with Crippen LogP contribution in [0.5, 0.6) is 11.5 Å². The van der Waals surface area contributed by atoms with E-state index in [1.165, 1.54) is 46.2 Å². The van der Waals surface area contributed by atoms with Crippen LogP contribution in [0.2, 0.25) is 0 Å². The van der Waals surface area contributed by atoms with Crippen LogP contribution in [-0.2, 0) is 0 Å². The van der Waals surface area contributed by atoms with Crippen molar-refractivity contribution in [2.45, 2.75) is 16.3 Å². The number of halogens is 2. The van der Waals surface area contributed by atoms with Gasteiger partial charge in [-0.2, -0.15) is 14.7 Å². The average molecular weight is 501 g/mol. The molecule has 0 fully saturated rings. The number of para-hydroxylation sites is 1. The molecule has 0 saturated heterocycles. The van der Waals surface area contributed by atoms with Gasteiger partial charge in [-0.15, -0.1) is 8.78 Å². The van der Waals surface area contributed by atoms with Gasteiger partial charge in [0.05, 0.1) is 5.56 Å². The number of benzene rings is 1. The molecule has 8 nitrogen and oxygen atoms in total. The summed E-state index contributed by atoms with van der Waals surface area (Å²) in [4.78, 5) is 2.75. The minimum Gasteiger partial charge on any atom is -0.618 e. The molecule has 172 valence electrons. The lowest BCUT2D eigenvalue weighted by atomic mass is 10.0. The van der Waals surface area contributed by atoms with E-state index < -0.39 is 6.29 Å². The SMILES string of the molecule is N#Cc1c[nH]cc1-c1cccc2c1OC(F)(F)O2.[O-][n+]1ccccc1SSc1cccc[n+]1[O-]. The zero-order valence-corrected chi connectivity index (χ0v) is 18.7. The second-order valence-electron chi connectivity index (χ2n) is 6.59. The Morgan fingerprint density at radius 1 is 0.853 bits per heavy atom. The fourth-order valence-corrected chi connectivity index (χ4v) is 4.89. The van der Waals surface area contributed by atoms with Gasteiger partial charge in [0.25, 0.3) is 10.1 Å². The van der Waals surface area contributed by atoms with Crippen LogP contribution in [0.4, 0.5) is 8.78 Å². The van der Waals surface area contributed by atoms with Gasteiger partial charge in [-0.25, -0.2) is 0 Å². The summed E-state index contributed by atoms with van der Waals surface area (Å²) in [7, 11) is 2.52. The quantitative estimate of drug-likeness (QED) is 0.247. The van der Waals surface area contributed by atoms with E-state index in [2.05, 4.69) is 14.5 Å². The Balaban J connectivity index is 0.000000162. The van der Waals surface area contributed by atoms with Crippen molar-refractivity contribution >= 4 is 21.6 Å². The van der Waals surface area contributed by atoms with Crippen LogP contribution in [0, 0.1) is 21.7 Å². The summed E-state index contributed by atoms with van der Waals surface area (Å²) in [5.74, 6) is -0.0961. The number of ether oxygens (including phenoxy) is 2. The highest BCUT2D eigenvalue weighted by molar-refractivity contribution is 8.76. The summed E-state index contributed by atoms with van der Waals surface area (Å²) in [6.45, 7) is 0. The topological polar surface area (TPSA) is 112 Å². The van der Waals surface area contributed by atoms with E-state index >= 15 is 0 Å². The third kappa shape index (κ3) is 5.16. The van der Waals surface area contributed by atoms with Gasteiger partial charge < -0.3 is 24.9 Å². The van der Waals surface area contributed by atoms with E-state index in [1.807, 2.05) is 6.07 Å². The Kier molecular flexibility index (Phi) is 6.76. The normalized spacial score (nSPS) is 13.0. The van der Waals surface area contributed by atoms with Crippen molar-refractivity contribution in [2.24, 2.45) is 0 Å². The zero-order valence-electron chi connectivity index (χ0n) is 17.1. The first-order valence-corrected chi connectivity index (χ1v) is 11.7. The first kappa shape index (κ1) is 23.2. The number of rotatable bonds is 4. The lowest BCUT2D eigenvalue weighted by molar-refractivity contribution is -0.646. The maximum absolute atomic E-state index is 13.0. The molecule has 0 amide bonds. The van der Waals surface area contributed by atoms with Gasteiger partial charge in [0.2, 0.25) is 0 Å². The van der Waals surface area contributed by atoms with Gasteiger partial charge in [-0.3, -0.25) is 0 Å². The number of hydrogen-bond donors (Lipinski definition) is 1. The summed E-state index contributed by atoms with van der Waals surface area (Å²) in [5, 5.41) is 32.7. The van der Waals surface area contributed by atoms with Crippen LogP contribution in [0.15, 0.2) is 89.4 Å². The van der Waals surface area contributed by atoms with Gasteiger partial charge in [0.1, 0.15) is 6.07 Å². The fraction of sp³-hybridized carbons (Fsp3) is 0.0455. The summed E-state index contributed by atoms with van der Waals surface area (Å²) < 4.78 is 36.4.